The summed E-state index contributed by atoms with van der Waals surface area (Å²) >= 11 is 3.23. The number of hydrogen-bond donors (Lipinski definition) is 4. The number of hydrogen-bond acceptors (Lipinski definition) is 20. The molecule has 0 radical (unpaired) electrons. The summed E-state index contributed by atoms with van der Waals surface area (Å²) in [5.41, 5.74) is 14.7. The third-order valence-corrected chi connectivity index (χ3v) is 21.9. The fourth-order valence-corrected chi connectivity index (χ4v) is 16.1. The van der Waals surface area contributed by atoms with E-state index in [0.717, 1.165) is 60.1 Å². The second kappa shape index (κ2) is 34.1. The second-order valence-corrected chi connectivity index (χ2v) is 30.5. The van der Waals surface area contributed by atoms with E-state index in [1.54, 1.807) is 67.8 Å². The lowest BCUT2D eigenvalue weighted by Crippen LogP contribution is -2.55. The van der Waals surface area contributed by atoms with Crippen LogP contribution < -0.4 is 5.32 Å². The van der Waals surface area contributed by atoms with Gasteiger partial charge in [-0.2, -0.15) is 0 Å². The monoisotopic (exact) mass is 1460 g/mol. The van der Waals surface area contributed by atoms with Crippen LogP contribution in [0.3, 0.4) is 0 Å². The fourth-order valence-electron chi connectivity index (χ4n) is 14.5. The highest BCUT2D eigenvalue weighted by Gasteiger charge is 2.48. The van der Waals surface area contributed by atoms with E-state index < -0.39 is 54.3 Å². The highest BCUT2D eigenvalue weighted by Crippen LogP contribution is 2.37. The number of rotatable bonds is 23. The van der Waals surface area contributed by atoms with Crippen molar-refractivity contribution < 1.29 is 62.5 Å². The van der Waals surface area contributed by atoms with Gasteiger partial charge < -0.3 is 53.8 Å². The Balaban J connectivity index is 0.000000158. The number of Topliss-reactive ketones (excluding diaryl/α,β-unsaturated/α-hetero) is 2. The van der Waals surface area contributed by atoms with Gasteiger partial charge in [0.2, 0.25) is 23.6 Å². The van der Waals surface area contributed by atoms with Crippen LogP contribution in [-0.4, -0.2) is 164 Å². The van der Waals surface area contributed by atoms with Gasteiger partial charge in [-0.1, -0.05) is 148 Å². The molecule has 4 N–H and O–H groups in total. The Kier molecular flexibility index (Phi) is 24.8. The van der Waals surface area contributed by atoms with E-state index in [0.29, 0.717) is 66.5 Å². The molecular formula is C80H92N10O13S2. The van der Waals surface area contributed by atoms with E-state index in [1.165, 1.54) is 4.90 Å². The summed E-state index contributed by atoms with van der Waals surface area (Å²) in [6, 6.07) is 33.8. The van der Waals surface area contributed by atoms with Crippen molar-refractivity contribution in [3.8, 4) is 32.2 Å². The number of fused-ring (bicyclic) bond motifs is 1. The Hall–Kier alpha value is -9.66. The lowest BCUT2D eigenvalue weighted by atomic mass is 9.91. The lowest BCUT2D eigenvalue weighted by molar-refractivity contribution is -0.143. The fraction of sp³-hybridized carbons (Fsp3) is 0.425. The van der Waals surface area contributed by atoms with Crippen molar-refractivity contribution >= 4 is 63.8 Å². The predicted molar refractivity (Wildman–Crippen MR) is 396 cm³/mol. The topological polar surface area (TPSA) is 309 Å². The standard InChI is InChI=1S/C28H30N4O5.2C26H31N3O4S/c1-17(2)25(32-15-20-5-3-4-6-22(20)27(32)35)28(36)31-16-21(33)13-23(31)26(34)29-14-18-7-9-19(10-8-18)24-11-12-30-37-24;2*1-15(2)24(23-11-16(3)28-33-23)26(32)29-13-20(30)12-21(29)22(31)10-7-18-5-8-19(9-6-18)25-17(4)27-14-34-25/h3-12,17,21,23,25,33H,13-16H2,1-2H3,(H,29,34);2*5-6,8-9,11,14-15,20-21,24,30H,7,10,12-13H2,1-4H3/t21-,23+,25+;20-,21+,24?;20-,21+,24+/m111/s1. The first kappa shape index (κ1) is 76.5. The normalized spacial score (nSPS) is 19.3. The minimum Gasteiger partial charge on any atom is -0.391 e. The van der Waals surface area contributed by atoms with Gasteiger partial charge in [0, 0.05) is 94.2 Å². The maximum atomic E-state index is 13.8. The summed E-state index contributed by atoms with van der Waals surface area (Å²) in [4.78, 5) is 110. The number of ketones is 2. The average molecular weight is 1470 g/mol. The molecule has 3 saturated heterocycles. The number of nitrogens with one attached hydrogen (secondary N) is 1. The van der Waals surface area contributed by atoms with E-state index in [1.807, 2.05) is 147 Å². The van der Waals surface area contributed by atoms with E-state index in [9.17, 15) is 48.9 Å². The maximum absolute atomic E-state index is 13.8. The van der Waals surface area contributed by atoms with Crippen molar-refractivity contribution in [2.75, 3.05) is 19.6 Å². The first-order valence-electron chi connectivity index (χ1n) is 35.8. The number of thiazole rings is 2. The van der Waals surface area contributed by atoms with Gasteiger partial charge in [-0.15, -0.1) is 22.7 Å². The quantitative estimate of drug-likeness (QED) is 0.0462. The van der Waals surface area contributed by atoms with Crippen LogP contribution in [0.25, 0.3) is 32.2 Å². The number of aryl methyl sites for hydroxylation is 6. The number of amides is 5. The summed E-state index contributed by atoms with van der Waals surface area (Å²) in [6.07, 6.45) is 1.86. The first-order chi connectivity index (χ1) is 50.3. The van der Waals surface area contributed by atoms with Crippen LogP contribution in [0.5, 0.6) is 0 Å². The van der Waals surface area contributed by atoms with Crippen molar-refractivity contribution in [2.45, 2.75) is 182 Å². The number of benzene rings is 4. The van der Waals surface area contributed by atoms with Gasteiger partial charge in [-0.05, 0) is 97.7 Å². The zero-order valence-electron chi connectivity index (χ0n) is 60.9. The molecule has 9 heterocycles. The summed E-state index contributed by atoms with van der Waals surface area (Å²) < 4.78 is 15.9. The molecule has 552 valence electrons. The zero-order chi connectivity index (χ0) is 74.9. The summed E-state index contributed by atoms with van der Waals surface area (Å²) in [5, 5.41) is 45.5. The minimum absolute atomic E-state index is 0.0245. The van der Waals surface area contributed by atoms with Crippen LogP contribution in [-0.2, 0) is 54.7 Å². The van der Waals surface area contributed by atoms with Crippen molar-refractivity contribution in [1.29, 1.82) is 0 Å². The van der Waals surface area contributed by atoms with Gasteiger partial charge in [0.1, 0.15) is 35.4 Å². The van der Waals surface area contributed by atoms with Crippen LogP contribution in [0.1, 0.15) is 152 Å². The molecule has 0 aliphatic carbocycles. The Morgan fingerprint density at radius 3 is 1.40 bits per heavy atom. The van der Waals surface area contributed by atoms with Crippen molar-refractivity contribution in [1.82, 2.24) is 50.4 Å². The number of β-amino-alcohol motifs (C(OH)–C–C–N with tert-alkyl or cyclic N) is 3. The molecule has 5 amide bonds. The highest BCUT2D eigenvalue weighted by atomic mass is 32.1. The number of likely N-dealkylation sites (tertiary alicyclic amines) is 3. The van der Waals surface area contributed by atoms with Gasteiger partial charge in [-0.3, -0.25) is 33.6 Å². The molecule has 23 nitrogen and oxygen atoms in total. The average Bonchev–Trinajstić information content (AvgIpc) is 1.63. The van der Waals surface area contributed by atoms with Gasteiger partial charge in [-0.25, -0.2) is 9.97 Å². The van der Waals surface area contributed by atoms with Crippen LogP contribution in [0.15, 0.2) is 146 Å². The molecule has 4 aliphatic rings. The van der Waals surface area contributed by atoms with Crippen molar-refractivity contribution in [2.24, 2.45) is 17.8 Å². The van der Waals surface area contributed by atoms with Gasteiger partial charge in [0.25, 0.3) is 5.91 Å². The van der Waals surface area contributed by atoms with Crippen LogP contribution >= 0.6 is 22.7 Å². The van der Waals surface area contributed by atoms with Crippen molar-refractivity contribution in [3.63, 3.8) is 0 Å². The number of aliphatic hydroxyl groups is 3. The van der Waals surface area contributed by atoms with Gasteiger partial charge in [0.15, 0.2) is 17.3 Å². The number of carbonyl (C=O) groups excluding carboxylic acids is 7. The Labute approximate surface area is 619 Å². The zero-order valence-corrected chi connectivity index (χ0v) is 62.5. The molecule has 3 fully saturated rings. The Morgan fingerprint density at radius 2 is 0.990 bits per heavy atom. The Bertz CT molecular complexity index is 4300. The van der Waals surface area contributed by atoms with E-state index in [-0.39, 0.29) is 104 Å². The molecule has 0 saturated carbocycles. The smallest absolute Gasteiger partial charge is 0.255 e. The molecule has 4 aromatic carbocycles. The molecule has 0 bridgehead atoms. The third kappa shape index (κ3) is 18.0. The minimum atomic E-state index is -0.808. The second-order valence-electron chi connectivity index (χ2n) is 28.8. The van der Waals surface area contributed by atoms with Crippen LogP contribution in [0.2, 0.25) is 0 Å². The predicted octanol–water partition coefficient (Wildman–Crippen LogP) is 11.2. The molecule has 0 spiro atoms. The summed E-state index contributed by atoms with van der Waals surface area (Å²) in [7, 11) is 0. The third-order valence-electron chi connectivity index (χ3n) is 20.0. The molecular weight excluding hydrogens is 1370 g/mol. The number of aliphatic hydroxyl groups excluding tert-OH is 3. The largest absolute Gasteiger partial charge is 0.391 e. The molecule has 9 atom stereocenters. The van der Waals surface area contributed by atoms with E-state index in [4.69, 9.17) is 13.6 Å². The number of aromatic nitrogens is 5. The van der Waals surface area contributed by atoms with Gasteiger partial charge >= 0.3 is 0 Å². The summed E-state index contributed by atoms with van der Waals surface area (Å²) in [6.45, 7) is 20.2. The molecule has 1 unspecified atom stereocenters. The molecule has 13 rings (SSSR count). The van der Waals surface area contributed by atoms with Crippen molar-refractivity contribution in [3.05, 3.63) is 195 Å². The number of nitrogens with zero attached hydrogens (tertiary/aromatic N) is 9. The number of carbonyl (C=O) groups is 7. The first-order valence-corrected chi connectivity index (χ1v) is 37.6. The summed E-state index contributed by atoms with van der Waals surface area (Å²) in [5.74, 6) is -0.911. The van der Waals surface area contributed by atoms with E-state index in [2.05, 4.69) is 55.0 Å². The van der Waals surface area contributed by atoms with Crippen LogP contribution in [0, 0.1) is 45.4 Å². The van der Waals surface area contributed by atoms with E-state index >= 15 is 0 Å². The molecule has 4 aliphatic heterocycles. The lowest BCUT2D eigenvalue weighted by Gasteiger charge is -2.35. The molecule has 9 aromatic rings. The Morgan fingerprint density at radius 1 is 0.543 bits per heavy atom. The SMILES string of the molecule is CC(C)[C@@H](C(=O)N1C[C@H](O)C[C@H]1C(=O)NCc1ccc(-c2ccno2)cc1)N1Cc2ccccc2C1=O.Cc1cc(C(C(=O)N2C[C@H](O)C[C@H]2C(=O)CCc2ccc(-c3scnc3C)cc2)C(C)C)on1.Cc1cc([C@@H](C(=O)N2C[C@H](O)C[C@H]2C(=O)CCc2ccc(-c3scnc3C)cc2)C(C)C)on1. The molecule has 105 heavy (non-hydrogen) atoms. The van der Waals surface area contributed by atoms with Gasteiger partial charge in [0.05, 0.1) is 80.1 Å². The maximum Gasteiger partial charge on any atom is 0.255 e. The highest BCUT2D eigenvalue weighted by molar-refractivity contribution is 7.13. The van der Waals surface area contributed by atoms with Crippen LogP contribution in [0.4, 0.5) is 0 Å². The molecule has 5 aromatic heterocycles. The molecule has 25 heteroatoms.